The minimum atomic E-state index is -0.394. The van der Waals surface area contributed by atoms with Crippen molar-refractivity contribution in [3.8, 4) is 0 Å². The van der Waals surface area contributed by atoms with Crippen LogP contribution in [-0.4, -0.2) is 5.11 Å². The Morgan fingerprint density at radius 2 is 1.88 bits per heavy atom. The van der Waals surface area contributed by atoms with Crippen molar-refractivity contribution in [2.45, 2.75) is 26.4 Å². The standard InChI is InChI=1S/C14H15BrOS/c1-9-7-10(2)17-14(9)13(16)8-11-3-5-12(15)6-4-11/h3-7,13,16H,8H2,1-2H3. The van der Waals surface area contributed by atoms with E-state index in [4.69, 9.17) is 0 Å². The topological polar surface area (TPSA) is 20.2 Å². The van der Waals surface area contributed by atoms with Gasteiger partial charge in [0, 0.05) is 20.6 Å². The lowest BCUT2D eigenvalue weighted by atomic mass is 10.1. The van der Waals surface area contributed by atoms with E-state index in [-0.39, 0.29) is 0 Å². The van der Waals surface area contributed by atoms with Gasteiger partial charge in [-0.2, -0.15) is 0 Å². The Kier molecular flexibility index (Phi) is 4.02. The fraction of sp³-hybridized carbons (Fsp3) is 0.286. The van der Waals surface area contributed by atoms with Gasteiger partial charge in [-0.05, 0) is 43.2 Å². The summed E-state index contributed by atoms with van der Waals surface area (Å²) < 4.78 is 1.07. The van der Waals surface area contributed by atoms with Crippen LogP contribution in [0.1, 0.15) is 27.0 Å². The van der Waals surface area contributed by atoms with Crippen LogP contribution in [0.4, 0.5) is 0 Å². The first kappa shape index (κ1) is 12.8. The van der Waals surface area contributed by atoms with Crippen molar-refractivity contribution in [3.63, 3.8) is 0 Å². The van der Waals surface area contributed by atoms with Gasteiger partial charge in [0.25, 0.3) is 0 Å². The molecule has 0 fully saturated rings. The minimum absolute atomic E-state index is 0.394. The third kappa shape index (κ3) is 3.18. The number of aryl methyl sites for hydroxylation is 2. The number of benzene rings is 1. The van der Waals surface area contributed by atoms with Crippen molar-refractivity contribution in [2.24, 2.45) is 0 Å². The second kappa shape index (κ2) is 5.34. The van der Waals surface area contributed by atoms with E-state index in [2.05, 4.69) is 35.8 Å². The van der Waals surface area contributed by atoms with Crippen LogP contribution in [0.25, 0.3) is 0 Å². The van der Waals surface area contributed by atoms with Crippen molar-refractivity contribution in [1.82, 2.24) is 0 Å². The SMILES string of the molecule is Cc1cc(C)c(C(O)Cc2ccc(Br)cc2)s1. The molecule has 0 aliphatic rings. The minimum Gasteiger partial charge on any atom is -0.387 e. The van der Waals surface area contributed by atoms with E-state index < -0.39 is 6.10 Å². The molecule has 1 aromatic heterocycles. The number of thiophene rings is 1. The average molecular weight is 311 g/mol. The van der Waals surface area contributed by atoms with Gasteiger partial charge in [-0.25, -0.2) is 0 Å². The van der Waals surface area contributed by atoms with Crippen LogP contribution in [0.2, 0.25) is 0 Å². The third-order valence-corrected chi connectivity index (χ3v) is 4.51. The second-order valence-electron chi connectivity index (χ2n) is 4.25. The monoisotopic (exact) mass is 310 g/mol. The van der Waals surface area contributed by atoms with Crippen LogP contribution in [0, 0.1) is 13.8 Å². The van der Waals surface area contributed by atoms with Crippen LogP contribution in [0.5, 0.6) is 0 Å². The predicted molar refractivity (Wildman–Crippen MR) is 76.6 cm³/mol. The van der Waals surface area contributed by atoms with E-state index in [1.807, 2.05) is 24.3 Å². The second-order valence-corrected chi connectivity index (χ2v) is 6.45. The summed E-state index contributed by atoms with van der Waals surface area (Å²) in [6.45, 7) is 4.14. The van der Waals surface area contributed by atoms with E-state index in [0.29, 0.717) is 6.42 Å². The number of rotatable bonds is 3. The maximum Gasteiger partial charge on any atom is 0.0924 e. The van der Waals surface area contributed by atoms with E-state index in [0.717, 1.165) is 14.9 Å². The molecule has 1 unspecified atom stereocenters. The number of aliphatic hydroxyl groups excluding tert-OH is 1. The molecule has 17 heavy (non-hydrogen) atoms. The molecule has 0 saturated carbocycles. The summed E-state index contributed by atoms with van der Waals surface area (Å²) in [5, 5.41) is 10.2. The van der Waals surface area contributed by atoms with Crippen molar-refractivity contribution in [1.29, 1.82) is 0 Å². The Morgan fingerprint density at radius 3 is 2.41 bits per heavy atom. The zero-order valence-electron chi connectivity index (χ0n) is 9.90. The molecule has 0 spiro atoms. The molecule has 0 aliphatic heterocycles. The summed E-state index contributed by atoms with van der Waals surface area (Å²) in [6, 6.07) is 10.2. The van der Waals surface area contributed by atoms with Crippen LogP contribution >= 0.6 is 27.3 Å². The lowest BCUT2D eigenvalue weighted by molar-refractivity contribution is 0.181. The van der Waals surface area contributed by atoms with Crippen LogP contribution in [0.3, 0.4) is 0 Å². The largest absolute Gasteiger partial charge is 0.387 e. The quantitative estimate of drug-likeness (QED) is 0.890. The molecule has 1 atom stereocenters. The molecule has 2 aromatic rings. The summed E-state index contributed by atoms with van der Waals surface area (Å²) in [4.78, 5) is 2.35. The number of hydrogen-bond donors (Lipinski definition) is 1. The van der Waals surface area contributed by atoms with Crippen molar-refractivity contribution < 1.29 is 5.11 Å². The van der Waals surface area contributed by atoms with Crippen molar-refractivity contribution in [2.75, 3.05) is 0 Å². The molecular weight excluding hydrogens is 296 g/mol. The first-order valence-electron chi connectivity index (χ1n) is 5.55. The number of halogens is 1. The van der Waals surface area contributed by atoms with E-state index in [9.17, 15) is 5.11 Å². The molecule has 0 amide bonds. The Balaban J connectivity index is 2.14. The highest BCUT2D eigenvalue weighted by Crippen LogP contribution is 2.29. The molecule has 0 bridgehead atoms. The summed E-state index contributed by atoms with van der Waals surface area (Å²) in [5.41, 5.74) is 2.35. The van der Waals surface area contributed by atoms with Gasteiger partial charge >= 0.3 is 0 Å². The molecule has 1 N–H and O–H groups in total. The molecule has 0 saturated heterocycles. The number of aliphatic hydroxyl groups is 1. The van der Waals surface area contributed by atoms with E-state index in [1.54, 1.807) is 11.3 Å². The van der Waals surface area contributed by atoms with Gasteiger partial charge in [-0.3, -0.25) is 0 Å². The molecular formula is C14H15BrOS. The molecule has 3 heteroatoms. The Hall–Kier alpha value is -0.640. The smallest absolute Gasteiger partial charge is 0.0924 e. The van der Waals surface area contributed by atoms with Crippen molar-refractivity contribution in [3.05, 3.63) is 55.7 Å². The van der Waals surface area contributed by atoms with Gasteiger partial charge in [0.15, 0.2) is 0 Å². The zero-order chi connectivity index (χ0) is 12.4. The Labute approximate surface area is 114 Å². The zero-order valence-corrected chi connectivity index (χ0v) is 12.3. The lowest BCUT2D eigenvalue weighted by Gasteiger charge is -2.10. The van der Waals surface area contributed by atoms with Gasteiger partial charge in [0.1, 0.15) is 0 Å². The fourth-order valence-electron chi connectivity index (χ4n) is 1.93. The Morgan fingerprint density at radius 1 is 1.24 bits per heavy atom. The fourth-order valence-corrected chi connectivity index (χ4v) is 3.21. The van der Waals surface area contributed by atoms with E-state index >= 15 is 0 Å². The summed E-state index contributed by atoms with van der Waals surface area (Å²) in [6.07, 6.45) is 0.281. The molecule has 1 aromatic carbocycles. The van der Waals surface area contributed by atoms with Crippen molar-refractivity contribution >= 4 is 27.3 Å². The summed E-state index contributed by atoms with van der Waals surface area (Å²) in [5.74, 6) is 0. The highest BCUT2D eigenvalue weighted by Gasteiger charge is 2.13. The van der Waals surface area contributed by atoms with Crippen LogP contribution in [-0.2, 0) is 6.42 Å². The number of hydrogen-bond acceptors (Lipinski definition) is 2. The molecule has 0 aliphatic carbocycles. The normalized spacial score (nSPS) is 12.7. The third-order valence-electron chi connectivity index (χ3n) is 2.72. The molecule has 0 radical (unpaired) electrons. The predicted octanol–water partition coefficient (Wildman–Crippen LogP) is 4.40. The van der Waals surface area contributed by atoms with Gasteiger partial charge < -0.3 is 5.11 Å². The molecule has 2 rings (SSSR count). The highest BCUT2D eigenvalue weighted by atomic mass is 79.9. The maximum atomic E-state index is 10.2. The van der Waals surface area contributed by atoms with Gasteiger partial charge in [0.2, 0.25) is 0 Å². The lowest BCUT2D eigenvalue weighted by Crippen LogP contribution is -2.00. The maximum absolute atomic E-state index is 10.2. The molecule has 1 nitrogen and oxygen atoms in total. The molecule has 90 valence electrons. The first-order chi connectivity index (χ1) is 8.06. The molecule has 1 heterocycles. The summed E-state index contributed by atoms with van der Waals surface area (Å²) in [7, 11) is 0. The average Bonchev–Trinajstić information content (AvgIpc) is 2.61. The van der Waals surface area contributed by atoms with Gasteiger partial charge in [0.05, 0.1) is 6.10 Å². The van der Waals surface area contributed by atoms with E-state index in [1.165, 1.54) is 10.4 Å². The Bertz CT molecular complexity index is 501. The van der Waals surface area contributed by atoms with Crippen LogP contribution < -0.4 is 0 Å². The van der Waals surface area contributed by atoms with Gasteiger partial charge in [-0.1, -0.05) is 28.1 Å². The summed E-state index contributed by atoms with van der Waals surface area (Å²) >= 11 is 5.10. The van der Waals surface area contributed by atoms with Gasteiger partial charge in [-0.15, -0.1) is 11.3 Å². The van der Waals surface area contributed by atoms with Crippen LogP contribution in [0.15, 0.2) is 34.8 Å². The highest BCUT2D eigenvalue weighted by molar-refractivity contribution is 9.10. The first-order valence-corrected chi connectivity index (χ1v) is 7.16.